The van der Waals surface area contributed by atoms with Crippen LogP contribution in [0, 0.1) is 0 Å². The minimum atomic E-state index is -3.28. The predicted octanol–water partition coefficient (Wildman–Crippen LogP) is -2.45. The van der Waals surface area contributed by atoms with Crippen molar-refractivity contribution in [1.29, 1.82) is 0 Å². The molecule has 0 aliphatic carbocycles. The van der Waals surface area contributed by atoms with Crippen molar-refractivity contribution in [3.63, 3.8) is 0 Å². The molecule has 1 unspecified atom stereocenters. The van der Waals surface area contributed by atoms with E-state index in [0.29, 0.717) is 6.42 Å². The molecule has 0 aromatic heterocycles. The summed E-state index contributed by atoms with van der Waals surface area (Å²) in [6, 6.07) is -2.18. The Bertz CT molecular complexity index is 463. The average molecular weight is 310 g/mol. The highest BCUT2D eigenvalue weighted by molar-refractivity contribution is 7.88. The minimum absolute atomic E-state index is 0.136. The van der Waals surface area contributed by atoms with Crippen molar-refractivity contribution >= 4 is 27.9 Å². The summed E-state index contributed by atoms with van der Waals surface area (Å²) in [5.74, 6) is -2.23. The molecule has 0 saturated carbocycles. The fourth-order valence-electron chi connectivity index (χ4n) is 1.16. The zero-order chi connectivity index (χ0) is 15.8. The third-order valence-electron chi connectivity index (χ3n) is 2.01. The van der Waals surface area contributed by atoms with Gasteiger partial charge in [0.25, 0.3) is 0 Å². The van der Waals surface area contributed by atoms with Crippen LogP contribution in [0.15, 0.2) is 0 Å². The van der Waals surface area contributed by atoms with Crippen LogP contribution in [-0.2, 0) is 19.6 Å². The van der Waals surface area contributed by atoms with E-state index in [1.807, 2.05) is 0 Å². The number of hydrogen-bond acceptors (Lipinski definition) is 5. The molecule has 0 bridgehead atoms. The highest BCUT2D eigenvalue weighted by Crippen LogP contribution is 1.91. The van der Waals surface area contributed by atoms with E-state index in [9.17, 15) is 22.8 Å². The molecular weight excluding hydrogens is 292 g/mol. The monoisotopic (exact) mass is 310 g/mol. The second-order valence-electron chi connectivity index (χ2n) is 3.98. The lowest BCUT2D eigenvalue weighted by Gasteiger charge is -2.13. The van der Waals surface area contributed by atoms with Crippen molar-refractivity contribution < 1.29 is 27.9 Å². The van der Waals surface area contributed by atoms with Crippen LogP contribution in [0.25, 0.3) is 0 Å². The van der Waals surface area contributed by atoms with E-state index in [0.717, 1.165) is 6.26 Å². The maximum Gasteiger partial charge on any atom is 0.326 e. The number of carbonyl (C=O) groups is 3. The van der Waals surface area contributed by atoms with E-state index in [2.05, 4.69) is 15.4 Å². The number of amides is 3. The van der Waals surface area contributed by atoms with Crippen molar-refractivity contribution in [3.05, 3.63) is 0 Å². The number of nitrogens with two attached hydrogens (primary N) is 1. The van der Waals surface area contributed by atoms with Gasteiger partial charge in [0, 0.05) is 13.1 Å². The topological polar surface area (TPSA) is 168 Å². The third kappa shape index (κ3) is 10.1. The van der Waals surface area contributed by atoms with Crippen LogP contribution in [0.2, 0.25) is 0 Å². The molecule has 1 atom stereocenters. The van der Waals surface area contributed by atoms with Crippen LogP contribution in [0.4, 0.5) is 4.79 Å². The second-order valence-corrected chi connectivity index (χ2v) is 5.81. The second kappa shape index (κ2) is 8.32. The number of sulfonamides is 1. The normalized spacial score (nSPS) is 12.4. The van der Waals surface area contributed by atoms with Crippen LogP contribution < -0.4 is 21.1 Å². The summed E-state index contributed by atoms with van der Waals surface area (Å²) in [6.07, 6.45) is 0.820. The molecule has 0 aromatic rings. The van der Waals surface area contributed by atoms with Crippen molar-refractivity contribution in [2.24, 2.45) is 5.73 Å². The molecule has 0 aliphatic rings. The van der Waals surface area contributed by atoms with Crippen molar-refractivity contribution in [2.45, 2.75) is 18.9 Å². The Balaban J connectivity index is 3.97. The van der Waals surface area contributed by atoms with Crippen molar-refractivity contribution in [1.82, 2.24) is 15.4 Å². The number of primary amides is 1. The number of carboxylic acids is 1. The molecule has 0 spiro atoms. The van der Waals surface area contributed by atoms with Gasteiger partial charge in [-0.05, 0) is 6.42 Å². The van der Waals surface area contributed by atoms with Crippen LogP contribution in [0.5, 0.6) is 0 Å². The highest BCUT2D eigenvalue weighted by atomic mass is 32.2. The first-order valence-electron chi connectivity index (χ1n) is 5.62. The molecular formula is C9H18N4O6S. The van der Waals surface area contributed by atoms with Gasteiger partial charge in [-0.1, -0.05) is 0 Å². The van der Waals surface area contributed by atoms with Crippen molar-refractivity contribution in [2.75, 3.05) is 19.3 Å². The molecule has 11 heteroatoms. The van der Waals surface area contributed by atoms with Gasteiger partial charge in [0.05, 0.1) is 12.7 Å². The maximum atomic E-state index is 11.3. The quantitative estimate of drug-likeness (QED) is 0.296. The van der Waals surface area contributed by atoms with E-state index in [4.69, 9.17) is 10.8 Å². The van der Waals surface area contributed by atoms with Crippen molar-refractivity contribution in [3.8, 4) is 0 Å². The number of aliphatic carboxylic acids is 1. The molecule has 0 heterocycles. The fourth-order valence-corrected chi connectivity index (χ4v) is 1.67. The smallest absolute Gasteiger partial charge is 0.326 e. The van der Waals surface area contributed by atoms with Gasteiger partial charge in [-0.15, -0.1) is 0 Å². The van der Waals surface area contributed by atoms with Gasteiger partial charge in [-0.2, -0.15) is 0 Å². The lowest BCUT2D eigenvalue weighted by molar-refractivity contribution is -0.140. The molecule has 3 amide bonds. The van der Waals surface area contributed by atoms with Crippen LogP contribution in [0.1, 0.15) is 12.8 Å². The van der Waals surface area contributed by atoms with E-state index in [1.54, 1.807) is 0 Å². The highest BCUT2D eigenvalue weighted by Gasteiger charge is 2.21. The number of hydrogen-bond donors (Lipinski definition) is 5. The first-order valence-corrected chi connectivity index (χ1v) is 7.51. The fraction of sp³-hybridized carbons (Fsp3) is 0.667. The lowest BCUT2D eigenvalue weighted by atomic mass is 10.2. The zero-order valence-corrected chi connectivity index (χ0v) is 11.7. The summed E-state index contributed by atoms with van der Waals surface area (Å²) in [6.45, 7) is 0.278. The molecule has 116 valence electrons. The Kier molecular flexibility index (Phi) is 7.54. The SMILES string of the molecule is CS(=O)(=O)NCCCNC(=O)NC(CC(N)=O)C(=O)O. The predicted molar refractivity (Wildman–Crippen MR) is 69.2 cm³/mol. The number of carbonyl (C=O) groups excluding carboxylic acids is 2. The molecule has 10 nitrogen and oxygen atoms in total. The van der Waals surface area contributed by atoms with Gasteiger partial charge >= 0.3 is 12.0 Å². The van der Waals surface area contributed by atoms with Gasteiger partial charge in [-0.25, -0.2) is 22.7 Å². The van der Waals surface area contributed by atoms with E-state index >= 15 is 0 Å². The molecule has 0 radical (unpaired) electrons. The standard InChI is InChI=1S/C9H18N4O6S/c1-20(18,19)12-4-2-3-11-9(17)13-6(8(15)16)5-7(10)14/h6,12H,2-5H2,1H3,(H2,10,14)(H,15,16)(H2,11,13,17). The Morgan fingerprint density at radius 3 is 2.30 bits per heavy atom. The Hall–Kier alpha value is -1.88. The maximum absolute atomic E-state index is 11.3. The summed E-state index contributed by atoms with van der Waals surface area (Å²) in [5, 5.41) is 13.1. The Labute approximate surface area is 116 Å². The van der Waals surface area contributed by atoms with Crippen LogP contribution in [-0.4, -0.2) is 56.8 Å². The summed E-state index contributed by atoms with van der Waals surface area (Å²) in [7, 11) is -3.28. The summed E-state index contributed by atoms with van der Waals surface area (Å²) < 4.78 is 23.7. The summed E-state index contributed by atoms with van der Waals surface area (Å²) in [5.41, 5.74) is 4.85. The van der Waals surface area contributed by atoms with E-state index in [1.165, 1.54) is 0 Å². The van der Waals surface area contributed by atoms with Gasteiger partial charge < -0.3 is 21.5 Å². The van der Waals surface area contributed by atoms with Crippen LogP contribution in [0.3, 0.4) is 0 Å². The number of rotatable bonds is 9. The molecule has 0 fully saturated rings. The average Bonchev–Trinajstić information content (AvgIpc) is 2.25. The zero-order valence-electron chi connectivity index (χ0n) is 10.9. The molecule has 20 heavy (non-hydrogen) atoms. The first-order chi connectivity index (χ1) is 9.11. The minimum Gasteiger partial charge on any atom is -0.480 e. The number of nitrogens with one attached hydrogen (secondary N) is 3. The molecule has 0 rings (SSSR count). The Morgan fingerprint density at radius 1 is 1.25 bits per heavy atom. The summed E-state index contributed by atoms with van der Waals surface area (Å²) in [4.78, 5) is 32.7. The van der Waals surface area contributed by atoms with Crippen LogP contribution >= 0.6 is 0 Å². The third-order valence-corrected chi connectivity index (χ3v) is 2.74. The number of carboxylic acid groups (broad SMARTS) is 1. The van der Waals surface area contributed by atoms with E-state index < -0.39 is 40.4 Å². The van der Waals surface area contributed by atoms with Gasteiger partial charge in [0.2, 0.25) is 15.9 Å². The van der Waals surface area contributed by atoms with E-state index in [-0.39, 0.29) is 13.1 Å². The number of urea groups is 1. The van der Waals surface area contributed by atoms with Gasteiger partial charge in [0.15, 0.2) is 0 Å². The largest absolute Gasteiger partial charge is 0.480 e. The lowest BCUT2D eigenvalue weighted by Crippen LogP contribution is -2.48. The van der Waals surface area contributed by atoms with Gasteiger partial charge in [-0.3, -0.25) is 4.79 Å². The van der Waals surface area contributed by atoms with Gasteiger partial charge in [0.1, 0.15) is 6.04 Å². The summed E-state index contributed by atoms with van der Waals surface area (Å²) >= 11 is 0. The molecule has 0 aliphatic heterocycles. The molecule has 6 N–H and O–H groups in total. The molecule has 0 aromatic carbocycles. The molecule has 0 saturated heterocycles. The first kappa shape index (κ1) is 18.1. The Morgan fingerprint density at radius 2 is 1.85 bits per heavy atom.